The summed E-state index contributed by atoms with van der Waals surface area (Å²) in [7, 11) is 1.49. The minimum atomic E-state index is -0.714. The zero-order chi connectivity index (χ0) is 14.9. The van der Waals surface area contributed by atoms with Crippen molar-refractivity contribution in [2.24, 2.45) is 0 Å². The number of benzene rings is 1. The number of methoxy groups -OCH3 is 1. The van der Waals surface area contributed by atoms with E-state index in [0.717, 1.165) is 0 Å². The van der Waals surface area contributed by atoms with Gasteiger partial charge < -0.3 is 4.74 Å². The maximum atomic E-state index is 11.9. The summed E-state index contributed by atoms with van der Waals surface area (Å²) >= 11 is 6.65. The zero-order valence-electron chi connectivity index (χ0n) is 10.1. The highest BCUT2D eigenvalue weighted by atomic mass is 79.9. The van der Waals surface area contributed by atoms with Gasteiger partial charge in [0.2, 0.25) is 0 Å². The molecule has 0 atom stereocenters. The van der Waals surface area contributed by atoms with Crippen LogP contribution in [0.2, 0.25) is 0 Å². The first-order chi connectivity index (χ1) is 9.47. The summed E-state index contributed by atoms with van der Waals surface area (Å²) in [5, 5.41) is 8.87. The molecule has 0 radical (unpaired) electrons. The summed E-state index contributed by atoms with van der Waals surface area (Å²) in [6.45, 7) is 0. The Morgan fingerprint density at radius 2 is 2.00 bits per heavy atom. The Hall–Kier alpha value is -1.85. The maximum Gasteiger partial charge on any atom is 0.333 e. The predicted molar refractivity (Wildman–Crippen MR) is 79.3 cm³/mol. The van der Waals surface area contributed by atoms with Gasteiger partial charge in [-0.1, -0.05) is 0 Å². The number of halogens is 2. The number of hydrogen-bond donors (Lipinski definition) is 1. The van der Waals surface area contributed by atoms with Gasteiger partial charge in [0.1, 0.15) is 17.4 Å². The normalized spacial score (nSPS) is 10.1. The van der Waals surface area contributed by atoms with Crippen LogP contribution in [0.5, 0.6) is 5.75 Å². The lowest BCUT2D eigenvalue weighted by molar-refractivity contribution is 0.412. The Bertz CT molecular complexity index is 833. The van der Waals surface area contributed by atoms with Crippen molar-refractivity contribution in [1.82, 2.24) is 9.55 Å². The molecule has 6 nitrogen and oxygen atoms in total. The van der Waals surface area contributed by atoms with E-state index in [1.54, 1.807) is 18.2 Å². The summed E-state index contributed by atoms with van der Waals surface area (Å²) in [5.41, 5.74) is -1.06. The first-order valence-electron chi connectivity index (χ1n) is 5.27. The number of H-pyrrole nitrogens is 1. The lowest BCUT2D eigenvalue weighted by Gasteiger charge is -2.11. The molecule has 0 saturated heterocycles. The average molecular weight is 401 g/mol. The van der Waals surface area contributed by atoms with Crippen LogP contribution in [0.4, 0.5) is 0 Å². The van der Waals surface area contributed by atoms with Crippen molar-refractivity contribution in [3.63, 3.8) is 0 Å². The molecule has 102 valence electrons. The molecular formula is C12H7Br2N3O3. The molecule has 0 unspecified atom stereocenters. The molecular weight excluding hydrogens is 394 g/mol. The molecule has 1 aromatic heterocycles. The van der Waals surface area contributed by atoms with Gasteiger partial charge in [-0.3, -0.25) is 14.3 Å². The molecule has 2 aromatic rings. The van der Waals surface area contributed by atoms with E-state index in [0.29, 0.717) is 20.4 Å². The fourth-order valence-corrected chi connectivity index (χ4v) is 2.94. The minimum Gasteiger partial charge on any atom is -0.495 e. The summed E-state index contributed by atoms with van der Waals surface area (Å²) in [5.74, 6) is 0.514. The third-order valence-corrected chi connectivity index (χ3v) is 3.80. The molecule has 0 aliphatic carbocycles. The number of aromatic nitrogens is 2. The average Bonchev–Trinajstić information content (AvgIpc) is 2.40. The van der Waals surface area contributed by atoms with Gasteiger partial charge in [-0.15, -0.1) is 0 Å². The topological polar surface area (TPSA) is 87.9 Å². The highest BCUT2D eigenvalue weighted by Gasteiger charge is 2.12. The molecule has 2 rings (SSSR count). The number of nitriles is 1. The van der Waals surface area contributed by atoms with E-state index in [9.17, 15) is 9.59 Å². The molecule has 8 heteroatoms. The summed E-state index contributed by atoms with van der Waals surface area (Å²) < 4.78 is 7.63. The molecule has 0 aliphatic heterocycles. The van der Waals surface area contributed by atoms with Crippen LogP contribution in [0.25, 0.3) is 5.69 Å². The van der Waals surface area contributed by atoms with Gasteiger partial charge in [-0.2, -0.15) is 5.26 Å². The SMILES string of the molecule is COc1cc(-n2cc(C#N)c(=O)[nH]c2=O)c(Br)cc1Br. The van der Waals surface area contributed by atoms with Crippen LogP contribution in [0.3, 0.4) is 0 Å². The number of aromatic amines is 1. The monoisotopic (exact) mass is 399 g/mol. The molecule has 1 N–H and O–H groups in total. The van der Waals surface area contributed by atoms with E-state index in [1.807, 2.05) is 0 Å². The molecule has 0 amide bonds. The van der Waals surface area contributed by atoms with Gasteiger partial charge >= 0.3 is 5.69 Å². The van der Waals surface area contributed by atoms with E-state index < -0.39 is 11.2 Å². The van der Waals surface area contributed by atoms with Crippen molar-refractivity contribution >= 4 is 31.9 Å². The quantitative estimate of drug-likeness (QED) is 0.834. The second-order valence-electron chi connectivity index (χ2n) is 3.72. The summed E-state index contributed by atoms with van der Waals surface area (Å²) in [6, 6.07) is 5.05. The largest absolute Gasteiger partial charge is 0.495 e. The van der Waals surface area contributed by atoms with E-state index in [4.69, 9.17) is 10.00 Å². The number of rotatable bonds is 2. The Labute approximate surface area is 129 Å². The minimum absolute atomic E-state index is 0.154. The molecule has 0 saturated carbocycles. The van der Waals surface area contributed by atoms with Crippen LogP contribution >= 0.6 is 31.9 Å². The number of ether oxygens (including phenoxy) is 1. The number of nitrogens with one attached hydrogen (secondary N) is 1. The highest BCUT2D eigenvalue weighted by Crippen LogP contribution is 2.32. The van der Waals surface area contributed by atoms with Gasteiger partial charge in [0.05, 0.1) is 17.3 Å². The Balaban J connectivity index is 2.78. The highest BCUT2D eigenvalue weighted by molar-refractivity contribution is 9.11. The van der Waals surface area contributed by atoms with Crippen molar-refractivity contribution < 1.29 is 4.74 Å². The molecule has 0 bridgehead atoms. The van der Waals surface area contributed by atoms with Crippen LogP contribution in [-0.2, 0) is 0 Å². The lowest BCUT2D eigenvalue weighted by atomic mass is 10.3. The molecule has 1 aromatic carbocycles. The molecule has 0 fully saturated rings. The first-order valence-corrected chi connectivity index (χ1v) is 6.86. The van der Waals surface area contributed by atoms with E-state index in [-0.39, 0.29) is 5.56 Å². The van der Waals surface area contributed by atoms with E-state index in [2.05, 4.69) is 36.8 Å². The van der Waals surface area contributed by atoms with Crippen molar-refractivity contribution in [2.75, 3.05) is 7.11 Å². The van der Waals surface area contributed by atoms with Crippen LogP contribution in [0.15, 0.2) is 36.9 Å². The van der Waals surface area contributed by atoms with Crippen molar-refractivity contribution in [3.05, 3.63) is 53.7 Å². The molecule has 1 heterocycles. The van der Waals surface area contributed by atoms with Gasteiger partial charge in [-0.05, 0) is 37.9 Å². The third-order valence-electron chi connectivity index (χ3n) is 2.54. The Morgan fingerprint density at radius 3 is 2.60 bits per heavy atom. The first kappa shape index (κ1) is 14.6. The second-order valence-corrected chi connectivity index (χ2v) is 5.43. The third kappa shape index (κ3) is 2.55. The molecule has 0 spiro atoms. The van der Waals surface area contributed by atoms with E-state index >= 15 is 0 Å². The van der Waals surface area contributed by atoms with Crippen LogP contribution in [0, 0.1) is 11.3 Å². The van der Waals surface area contributed by atoms with Crippen molar-refractivity contribution in [2.45, 2.75) is 0 Å². The van der Waals surface area contributed by atoms with Gasteiger partial charge in [0.25, 0.3) is 5.56 Å². The van der Waals surface area contributed by atoms with Gasteiger partial charge in [0.15, 0.2) is 0 Å². The maximum absolute atomic E-state index is 11.9. The van der Waals surface area contributed by atoms with Crippen LogP contribution in [0.1, 0.15) is 5.56 Å². The fraction of sp³-hybridized carbons (Fsp3) is 0.0833. The Morgan fingerprint density at radius 1 is 1.30 bits per heavy atom. The van der Waals surface area contributed by atoms with Crippen LogP contribution in [-0.4, -0.2) is 16.7 Å². The molecule has 0 aliphatic rings. The summed E-state index contributed by atoms with van der Waals surface area (Å²) in [6.07, 6.45) is 1.19. The fourth-order valence-electron chi connectivity index (χ4n) is 1.59. The molecule has 20 heavy (non-hydrogen) atoms. The summed E-state index contributed by atoms with van der Waals surface area (Å²) in [4.78, 5) is 25.3. The van der Waals surface area contributed by atoms with Gasteiger partial charge in [-0.25, -0.2) is 4.79 Å². The number of nitrogens with zero attached hydrogens (tertiary/aromatic N) is 2. The van der Waals surface area contributed by atoms with Gasteiger partial charge in [0, 0.05) is 16.7 Å². The van der Waals surface area contributed by atoms with Crippen LogP contribution < -0.4 is 16.0 Å². The van der Waals surface area contributed by atoms with Crippen molar-refractivity contribution in [3.8, 4) is 17.5 Å². The number of hydrogen-bond acceptors (Lipinski definition) is 4. The standard InChI is InChI=1S/C12H7Br2N3O3/c1-20-10-3-9(7(13)2-8(10)14)17-5-6(4-15)11(18)16-12(17)19/h2-3,5H,1H3,(H,16,18,19). The second kappa shape index (κ2) is 5.64. The zero-order valence-corrected chi connectivity index (χ0v) is 13.3. The lowest BCUT2D eigenvalue weighted by Crippen LogP contribution is -2.30. The smallest absolute Gasteiger partial charge is 0.333 e. The van der Waals surface area contributed by atoms with E-state index in [1.165, 1.54) is 17.9 Å². The Kier molecular flexibility index (Phi) is 4.11. The predicted octanol–water partition coefficient (Wildman–Crippen LogP) is 1.93. The van der Waals surface area contributed by atoms with Crippen molar-refractivity contribution in [1.29, 1.82) is 5.26 Å².